The van der Waals surface area contributed by atoms with E-state index in [1.165, 1.54) is 4.90 Å². The van der Waals surface area contributed by atoms with Crippen LogP contribution in [0.1, 0.15) is 54.2 Å². The lowest BCUT2D eigenvalue weighted by atomic mass is 10.0. The molecule has 0 bridgehead atoms. The zero-order valence-electron chi connectivity index (χ0n) is 20.3. The van der Waals surface area contributed by atoms with E-state index in [2.05, 4.69) is 10.6 Å². The number of rotatable bonds is 6. The van der Waals surface area contributed by atoms with Gasteiger partial charge < -0.3 is 20.3 Å². The number of carbonyl (C=O) groups excluding carboxylic acids is 1. The molecular weight excluding hydrogens is 302 g/mol. The van der Waals surface area contributed by atoms with E-state index >= 15 is 0 Å². The van der Waals surface area contributed by atoms with Gasteiger partial charge in [-0.2, -0.15) is 0 Å². The Labute approximate surface area is 154 Å². The molecule has 0 unspecified atom stereocenters. The smallest absolute Gasteiger partial charge is 0.315 e. The fourth-order valence-corrected chi connectivity index (χ4v) is 2.68. The van der Waals surface area contributed by atoms with Crippen LogP contribution in [0.15, 0.2) is 24.3 Å². The summed E-state index contributed by atoms with van der Waals surface area (Å²) in [5, 5.41) is 5.69. The van der Waals surface area contributed by atoms with Crippen LogP contribution >= 0.6 is 0 Å². The number of benzene rings is 1. The van der Waals surface area contributed by atoms with Gasteiger partial charge in [0.25, 0.3) is 0 Å². The maximum atomic E-state index is 12.2. The van der Waals surface area contributed by atoms with Crippen molar-refractivity contribution in [3.8, 4) is 5.75 Å². The van der Waals surface area contributed by atoms with Crippen molar-refractivity contribution in [3.05, 3.63) is 29.8 Å². The molecule has 1 aromatic rings. The standard InChI is InChI=1S/C19H31N3O2/c1-14(2)22-11-9-17(10-12-22)21-19(23)20-13-16-5-7-18(8-6-16)24-15(3)4/h5-8,14-15,17H,9-13H2,1-4H3,(H2,20,21,23)/i1D3,2D3. The molecule has 1 saturated heterocycles. The van der Waals surface area contributed by atoms with Crippen LogP contribution in [0.5, 0.6) is 5.75 Å². The van der Waals surface area contributed by atoms with Gasteiger partial charge in [0, 0.05) is 39.9 Å². The van der Waals surface area contributed by atoms with Gasteiger partial charge in [-0.15, -0.1) is 0 Å². The van der Waals surface area contributed by atoms with E-state index in [1.54, 1.807) is 0 Å². The van der Waals surface area contributed by atoms with Crippen molar-refractivity contribution >= 4 is 6.03 Å². The molecule has 5 heteroatoms. The third kappa shape index (κ3) is 6.04. The molecule has 5 nitrogen and oxygen atoms in total. The molecule has 2 rings (SSSR count). The molecule has 0 aromatic heterocycles. The molecule has 0 aliphatic carbocycles. The normalized spacial score (nSPS) is 21.2. The number of urea groups is 1. The average molecular weight is 340 g/mol. The third-order valence-electron chi connectivity index (χ3n) is 3.98. The summed E-state index contributed by atoms with van der Waals surface area (Å²) >= 11 is 0. The van der Waals surface area contributed by atoms with Crippen LogP contribution in [0.25, 0.3) is 0 Å². The molecule has 1 heterocycles. The SMILES string of the molecule is [2H]C([2H])([2H])C(N1CCC(NC(=O)NCc2ccc(OC(C)C)cc2)CC1)C([2H])([2H])[2H]. The van der Waals surface area contributed by atoms with Crippen LogP contribution < -0.4 is 15.4 Å². The first-order chi connectivity index (χ1) is 13.9. The highest BCUT2D eigenvalue weighted by atomic mass is 16.5. The van der Waals surface area contributed by atoms with Crippen LogP contribution in [0, 0.1) is 0 Å². The van der Waals surface area contributed by atoms with Crippen molar-refractivity contribution in [2.75, 3.05) is 13.1 Å². The van der Waals surface area contributed by atoms with Crippen LogP contribution in [-0.4, -0.2) is 42.2 Å². The molecule has 0 saturated carbocycles. The summed E-state index contributed by atoms with van der Waals surface area (Å²) in [7, 11) is 0. The number of carbonyl (C=O) groups is 1. The largest absolute Gasteiger partial charge is 0.491 e. The number of amides is 2. The van der Waals surface area contributed by atoms with Crippen molar-refractivity contribution < 1.29 is 17.8 Å². The lowest BCUT2D eigenvalue weighted by molar-refractivity contribution is 0.161. The van der Waals surface area contributed by atoms with E-state index in [-0.39, 0.29) is 18.2 Å². The van der Waals surface area contributed by atoms with Crippen molar-refractivity contribution in [3.63, 3.8) is 0 Å². The lowest BCUT2D eigenvalue weighted by Gasteiger charge is -2.34. The van der Waals surface area contributed by atoms with Crippen molar-refractivity contribution in [2.24, 2.45) is 0 Å². The molecule has 0 radical (unpaired) electrons. The number of hydrogen-bond donors (Lipinski definition) is 2. The molecule has 1 aromatic carbocycles. The second-order valence-corrected chi connectivity index (χ2v) is 6.35. The van der Waals surface area contributed by atoms with Crippen LogP contribution in [0.3, 0.4) is 0 Å². The first-order valence-electron chi connectivity index (χ1n) is 11.4. The monoisotopic (exact) mass is 339 g/mol. The first kappa shape index (κ1) is 11.7. The highest BCUT2D eigenvalue weighted by Crippen LogP contribution is 2.14. The summed E-state index contributed by atoms with van der Waals surface area (Å²) in [6.45, 7) is -0.273. The molecule has 2 amide bonds. The number of likely N-dealkylation sites (tertiary alicyclic amines) is 1. The Morgan fingerprint density at radius 2 is 1.96 bits per heavy atom. The van der Waals surface area contributed by atoms with Gasteiger partial charge >= 0.3 is 6.03 Å². The Kier molecular flexibility index (Phi) is 4.37. The number of nitrogens with one attached hydrogen (secondary N) is 2. The minimum Gasteiger partial charge on any atom is -0.491 e. The quantitative estimate of drug-likeness (QED) is 0.837. The minimum atomic E-state index is -2.58. The van der Waals surface area contributed by atoms with Gasteiger partial charge in [-0.25, -0.2) is 4.79 Å². The van der Waals surface area contributed by atoms with E-state index in [0.717, 1.165) is 11.3 Å². The molecular formula is C19H31N3O2. The second kappa shape index (κ2) is 8.92. The maximum Gasteiger partial charge on any atom is 0.315 e. The Morgan fingerprint density at radius 3 is 2.54 bits per heavy atom. The van der Waals surface area contributed by atoms with E-state index in [1.807, 2.05) is 38.1 Å². The summed E-state index contributed by atoms with van der Waals surface area (Å²) in [5.74, 6) is 0.775. The van der Waals surface area contributed by atoms with Gasteiger partial charge in [0.15, 0.2) is 0 Å². The third-order valence-corrected chi connectivity index (χ3v) is 3.98. The topological polar surface area (TPSA) is 53.6 Å². The van der Waals surface area contributed by atoms with E-state index in [9.17, 15) is 4.79 Å². The van der Waals surface area contributed by atoms with E-state index in [4.69, 9.17) is 13.0 Å². The highest BCUT2D eigenvalue weighted by molar-refractivity contribution is 5.74. The molecule has 2 N–H and O–H groups in total. The molecule has 134 valence electrons. The molecule has 1 aliphatic rings. The summed E-state index contributed by atoms with van der Waals surface area (Å²) in [6.07, 6.45) is 1.09. The average Bonchev–Trinajstić information content (AvgIpc) is 2.60. The van der Waals surface area contributed by atoms with E-state index < -0.39 is 19.7 Å². The summed E-state index contributed by atoms with van der Waals surface area (Å²) in [5.41, 5.74) is 0.939. The number of nitrogens with zero attached hydrogens (tertiary/aromatic N) is 1. The summed E-state index contributed by atoms with van der Waals surface area (Å²) in [4.78, 5) is 13.7. The highest BCUT2D eigenvalue weighted by Gasteiger charge is 2.21. The molecule has 24 heavy (non-hydrogen) atoms. The molecule has 1 fully saturated rings. The maximum absolute atomic E-state index is 12.2. The Balaban J connectivity index is 1.78. The van der Waals surface area contributed by atoms with Gasteiger partial charge in [-0.05, 0) is 58.1 Å². The zero-order chi connectivity index (χ0) is 22.5. The Hall–Kier alpha value is -1.75. The number of piperidine rings is 1. The van der Waals surface area contributed by atoms with Crippen molar-refractivity contribution in [1.82, 2.24) is 15.5 Å². The second-order valence-electron chi connectivity index (χ2n) is 6.35. The zero-order valence-corrected chi connectivity index (χ0v) is 14.3. The van der Waals surface area contributed by atoms with Crippen molar-refractivity contribution in [2.45, 2.75) is 65.1 Å². The number of hydrogen-bond acceptors (Lipinski definition) is 3. The predicted octanol–water partition coefficient (Wildman–Crippen LogP) is 3.15. The van der Waals surface area contributed by atoms with Crippen LogP contribution in [0.4, 0.5) is 4.79 Å². The Morgan fingerprint density at radius 1 is 1.29 bits per heavy atom. The molecule has 1 aliphatic heterocycles. The van der Waals surface area contributed by atoms with Crippen molar-refractivity contribution in [1.29, 1.82) is 0 Å². The van der Waals surface area contributed by atoms with E-state index in [0.29, 0.717) is 32.5 Å². The fraction of sp³-hybridized carbons (Fsp3) is 0.632. The Bertz CT molecular complexity index is 669. The van der Waals surface area contributed by atoms with Gasteiger partial charge in [-0.1, -0.05) is 12.1 Å². The minimum absolute atomic E-state index is 0.0981. The summed E-state index contributed by atoms with van der Waals surface area (Å²) < 4.78 is 51.0. The summed E-state index contributed by atoms with van der Waals surface area (Å²) in [6, 6.07) is 5.58. The fourth-order valence-electron chi connectivity index (χ4n) is 2.68. The van der Waals surface area contributed by atoms with Gasteiger partial charge in [0.2, 0.25) is 0 Å². The predicted molar refractivity (Wildman–Crippen MR) is 97.3 cm³/mol. The lowest BCUT2D eigenvalue weighted by Crippen LogP contribution is -2.49. The first-order valence-corrected chi connectivity index (χ1v) is 8.40. The van der Waals surface area contributed by atoms with Gasteiger partial charge in [-0.3, -0.25) is 0 Å². The number of ether oxygens (including phenoxy) is 1. The van der Waals surface area contributed by atoms with Gasteiger partial charge in [0.1, 0.15) is 5.75 Å². The molecule has 0 atom stereocenters. The van der Waals surface area contributed by atoms with Crippen LogP contribution in [0.2, 0.25) is 0 Å². The van der Waals surface area contributed by atoms with Crippen LogP contribution in [-0.2, 0) is 6.54 Å². The molecule has 0 spiro atoms. The van der Waals surface area contributed by atoms with Gasteiger partial charge in [0.05, 0.1) is 6.10 Å².